The van der Waals surface area contributed by atoms with Crippen LogP contribution in [-0.2, 0) is 11.3 Å². The fraction of sp³-hybridized carbons (Fsp3) is 0.545. The quantitative estimate of drug-likeness (QED) is 0.915. The minimum Gasteiger partial charge on any atom is -0.405 e. The van der Waals surface area contributed by atoms with E-state index in [1.54, 1.807) is 11.3 Å². The predicted octanol–water partition coefficient (Wildman–Crippen LogP) is 2.30. The highest BCUT2D eigenvalue weighted by molar-refractivity contribution is 7.09. The minimum absolute atomic E-state index is 0.0295. The number of thiazole rings is 1. The van der Waals surface area contributed by atoms with Gasteiger partial charge in [-0.25, -0.2) is 4.98 Å². The zero-order valence-electron chi connectivity index (χ0n) is 10.0. The number of rotatable bonds is 4. The van der Waals surface area contributed by atoms with E-state index in [2.05, 4.69) is 20.5 Å². The van der Waals surface area contributed by atoms with Crippen molar-refractivity contribution in [2.24, 2.45) is 0 Å². The number of ether oxygens (including phenoxy) is 1. The molecule has 0 unspecified atom stereocenters. The van der Waals surface area contributed by atoms with E-state index < -0.39 is 0 Å². The van der Waals surface area contributed by atoms with Crippen molar-refractivity contribution in [2.75, 3.05) is 11.9 Å². The SMILES string of the molecule is Cc1ncsc1CNc1nnc([C@H]2CCCO2)o1. The Bertz CT molecular complexity index is 519. The summed E-state index contributed by atoms with van der Waals surface area (Å²) in [6.07, 6.45) is 1.98. The van der Waals surface area contributed by atoms with Gasteiger partial charge in [0.05, 0.1) is 17.7 Å². The fourth-order valence-electron chi connectivity index (χ4n) is 1.86. The monoisotopic (exact) mass is 266 g/mol. The number of hydrogen-bond acceptors (Lipinski definition) is 7. The fourth-order valence-corrected chi connectivity index (χ4v) is 2.58. The summed E-state index contributed by atoms with van der Waals surface area (Å²) in [5.41, 5.74) is 2.86. The molecule has 1 saturated heterocycles. The lowest BCUT2D eigenvalue weighted by atomic mass is 10.2. The molecule has 0 aromatic carbocycles. The van der Waals surface area contributed by atoms with Gasteiger partial charge in [-0.3, -0.25) is 0 Å². The maximum absolute atomic E-state index is 5.53. The summed E-state index contributed by atoms with van der Waals surface area (Å²) in [5.74, 6) is 0.566. The summed E-state index contributed by atoms with van der Waals surface area (Å²) in [5, 5.41) is 11.1. The van der Waals surface area contributed by atoms with Crippen LogP contribution in [0.2, 0.25) is 0 Å². The third-order valence-electron chi connectivity index (χ3n) is 2.89. The van der Waals surface area contributed by atoms with E-state index in [0.29, 0.717) is 18.5 Å². The zero-order chi connectivity index (χ0) is 12.4. The Morgan fingerprint density at radius 1 is 1.50 bits per heavy atom. The second-order valence-corrected chi connectivity index (χ2v) is 5.10. The highest BCUT2D eigenvalue weighted by Gasteiger charge is 2.23. The van der Waals surface area contributed by atoms with Crippen LogP contribution >= 0.6 is 11.3 Å². The largest absolute Gasteiger partial charge is 0.405 e. The molecule has 2 aromatic heterocycles. The van der Waals surface area contributed by atoms with Crippen LogP contribution in [0.25, 0.3) is 0 Å². The Morgan fingerprint density at radius 2 is 2.44 bits per heavy atom. The molecule has 0 amide bonds. The average molecular weight is 266 g/mol. The molecule has 6 nitrogen and oxygen atoms in total. The molecule has 1 N–H and O–H groups in total. The molecular formula is C11H14N4O2S. The first-order chi connectivity index (χ1) is 8.83. The maximum Gasteiger partial charge on any atom is 0.315 e. The summed E-state index contributed by atoms with van der Waals surface area (Å²) in [7, 11) is 0. The van der Waals surface area contributed by atoms with Crippen LogP contribution in [-0.4, -0.2) is 21.8 Å². The average Bonchev–Trinajstić information content (AvgIpc) is 3.08. The highest BCUT2D eigenvalue weighted by Crippen LogP contribution is 2.28. The van der Waals surface area contributed by atoms with Crippen LogP contribution in [0.4, 0.5) is 6.01 Å². The molecule has 18 heavy (non-hydrogen) atoms. The van der Waals surface area contributed by atoms with Crippen molar-refractivity contribution < 1.29 is 9.15 Å². The molecule has 3 heterocycles. The molecule has 96 valence electrons. The van der Waals surface area contributed by atoms with Crippen LogP contribution in [0.3, 0.4) is 0 Å². The van der Waals surface area contributed by atoms with Gasteiger partial charge in [0.25, 0.3) is 0 Å². The number of aromatic nitrogens is 3. The number of nitrogens with one attached hydrogen (secondary N) is 1. The van der Waals surface area contributed by atoms with Gasteiger partial charge in [0.15, 0.2) is 0 Å². The Balaban J connectivity index is 1.61. The van der Waals surface area contributed by atoms with Crippen LogP contribution in [0.1, 0.15) is 35.4 Å². The lowest BCUT2D eigenvalue weighted by molar-refractivity contribution is 0.0897. The van der Waals surface area contributed by atoms with Crippen molar-refractivity contribution in [3.63, 3.8) is 0 Å². The van der Waals surface area contributed by atoms with Crippen molar-refractivity contribution in [2.45, 2.75) is 32.4 Å². The Morgan fingerprint density at radius 3 is 3.17 bits per heavy atom. The van der Waals surface area contributed by atoms with Gasteiger partial charge in [0.1, 0.15) is 6.10 Å². The topological polar surface area (TPSA) is 73.1 Å². The summed E-state index contributed by atoms with van der Waals surface area (Å²) < 4.78 is 11.0. The maximum atomic E-state index is 5.53. The van der Waals surface area contributed by atoms with Crippen molar-refractivity contribution >= 4 is 17.4 Å². The van der Waals surface area contributed by atoms with Gasteiger partial charge < -0.3 is 14.5 Å². The first-order valence-electron chi connectivity index (χ1n) is 5.91. The van der Waals surface area contributed by atoms with Crippen molar-refractivity contribution in [1.82, 2.24) is 15.2 Å². The molecule has 0 aliphatic carbocycles. The Hall–Kier alpha value is -1.47. The highest BCUT2D eigenvalue weighted by atomic mass is 32.1. The van der Waals surface area contributed by atoms with Gasteiger partial charge in [-0.05, 0) is 19.8 Å². The van der Waals surface area contributed by atoms with Crippen LogP contribution in [0.15, 0.2) is 9.93 Å². The number of anilines is 1. The van der Waals surface area contributed by atoms with Crippen LogP contribution < -0.4 is 5.32 Å². The summed E-state index contributed by atoms with van der Waals surface area (Å²) >= 11 is 1.61. The second-order valence-electron chi connectivity index (χ2n) is 4.16. The summed E-state index contributed by atoms with van der Waals surface area (Å²) in [4.78, 5) is 5.36. The standard InChI is InChI=1S/C11H14N4O2S/c1-7-9(18-6-13-7)5-12-11-15-14-10(17-11)8-3-2-4-16-8/h6,8H,2-5H2,1H3,(H,12,15)/t8-/m1/s1. The molecule has 7 heteroatoms. The van der Waals surface area contributed by atoms with Gasteiger partial charge >= 0.3 is 6.01 Å². The second kappa shape index (κ2) is 5.03. The number of nitrogens with zero attached hydrogens (tertiary/aromatic N) is 3. The minimum atomic E-state index is -0.0295. The summed E-state index contributed by atoms with van der Waals surface area (Å²) in [6, 6.07) is 0.438. The third kappa shape index (κ3) is 2.37. The zero-order valence-corrected chi connectivity index (χ0v) is 10.9. The van der Waals surface area contributed by atoms with E-state index in [1.165, 1.54) is 4.88 Å². The Labute approximate surface area is 108 Å². The Kier molecular flexibility index (Phi) is 3.24. The molecule has 0 spiro atoms. The van der Waals surface area contributed by atoms with E-state index in [0.717, 1.165) is 25.1 Å². The molecule has 1 aliphatic heterocycles. The van der Waals surface area contributed by atoms with Gasteiger partial charge in [-0.2, -0.15) is 0 Å². The van der Waals surface area contributed by atoms with Gasteiger partial charge in [0, 0.05) is 11.5 Å². The van der Waals surface area contributed by atoms with E-state index in [4.69, 9.17) is 9.15 Å². The smallest absolute Gasteiger partial charge is 0.315 e. The predicted molar refractivity (Wildman–Crippen MR) is 66.4 cm³/mol. The first kappa shape index (κ1) is 11.6. The van der Waals surface area contributed by atoms with E-state index in [-0.39, 0.29) is 6.10 Å². The molecule has 0 radical (unpaired) electrons. The normalized spacial score (nSPS) is 19.3. The van der Waals surface area contributed by atoms with Crippen LogP contribution in [0.5, 0.6) is 0 Å². The van der Waals surface area contributed by atoms with Gasteiger partial charge in [0.2, 0.25) is 5.89 Å². The lowest BCUT2D eigenvalue weighted by Gasteiger charge is -2.02. The van der Waals surface area contributed by atoms with Crippen molar-refractivity contribution in [1.29, 1.82) is 0 Å². The van der Waals surface area contributed by atoms with Crippen molar-refractivity contribution in [3.8, 4) is 0 Å². The van der Waals surface area contributed by atoms with E-state index >= 15 is 0 Å². The van der Waals surface area contributed by atoms with Crippen LogP contribution in [0, 0.1) is 6.92 Å². The molecule has 1 fully saturated rings. The van der Waals surface area contributed by atoms with Gasteiger partial charge in [-0.1, -0.05) is 5.10 Å². The molecule has 0 bridgehead atoms. The number of aryl methyl sites for hydroxylation is 1. The molecule has 0 saturated carbocycles. The van der Waals surface area contributed by atoms with Crippen molar-refractivity contribution in [3.05, 3.63) is 22.0 Å². The lowest BCUT2D eigenvalue weighted by Crippen LogP contribution is -1.99. The number of hydrogen-bond donors (Lipinski definition) is 1. The van der Waals surface area contributed by atoms with E-state index in [1.807, 2.05) is 12.4 Å². The molecule has 1 aliphatic rings. The summed E-state index contributed by atoms with van der Waals surface area (Å²) in [6.45, 7) is 3.42. The van der Waals surface area contributed by atoms with Gasteiger partial charge in [-0.15, -0.1) is 16.4 Å². The first-order valence-corrected chi connectivity index (χ1v) is 6.79. The molecule has 1 atom stereocenters. The third-order valence-corrected chi connectivity index (χ3v) is 3.83. The molecular weight excluding hydrogens is 252 g/mol. The van der Waals surface area contributed by atoms with E-state index in [9.17, 15) is 0 Å². The molecule has 3 rings (SSSR count). The molecule has 2 aromatic rings.